The molecule has 0 spiro atoms. The highest BCUT2D eigenvalue weighted by molar-refractivity contribution is 5.97. The summed E-state index contributed by atoms with van der Waals surface area (Å²) in [5.41, 5.74) is 6.18. The lowest BCUT2D eigenvalue weighted by molar-refractivity contribution is -0.136. The Bertz CT molecular complexity index is 1790. The van der Waals surface area contributed by atoms with E-state index < -0.39 is 97.0 Å². The number of nitrogens with two attached hydrogens (primary N) is 1. The fourth-order valence-corrected chi connectivity index (χ4v) is 6.53. The largest absolute Gasteiger partial charge is 0.396 e. The second-order valence-corrected chi connectivity index (χ2v) is 15.5. The highest BCUT2D eigenvalue weighted by atomic mass is 16.3. The van der Waals surface area contributed by atoms with Gasteiger partial charge in [-0.25, -0.2) is 0 Å². The smallest absolute Gasteiger partial charge is 0.251 e. The number of benzene rings is 2. The summed E-state index contributed by atoms with van der Waals surface area (Å²) in [5, 5.41) is 34.1. The highest BCUT2D eigenvalue weighted by Gasteiger charge is 2.33. The van der Waals surface area contributed by atoms with Gasteiger partial charge in [0.1, 0.15) is 5.78 Å². The van der Waals surface area contributed by atoms with E-state index in [1.54, 1.807) is 67.6 Å². The highest BCUT2D eigenvalue weighted by Crippen LogP contribution is 2.16. The molecule has 2 aromatic carbocycles. The van der Waals surface area contributed by atoms with Gasteiger partial charge in [0.2, 0.25) is 17.7 Å². The minimum atomic E-state index is -1.34. The van der Waals surface area contributed by atoms with Crippen LogP contribution in [0.15, 0.2) is 60.7 Å². The molecule has 62 heavy (non-hydrogen) atoms. The zero-order chi connectivity index (χ0) is 46.0. The molecule has 0 aliphatic rings. The summed E-state index contributed by atoms with van der Waals surface area (Å²) in [7, 11) is 1.50. The second-order valence-electron chi connectivity index (χ2n) is 15.5. The van der Waals surface area contributed by atoms with Crippen molar-refractivity contribution in [2.45, 2.75) is 103 Å². The summed E-state index contributed by atoms with van der Waals surface area (Å²) in [6.45, 7) is 1.96. The van der Waals surface area contributed by atoms with Crippen molar-refractivity contribution >= 4 is 52.7 Å². The number of carbonyl (C=O) groups excluding carboxylic acids is 9. The van der Waals surface area contributed by atoms with Crippen molar-refractivity contribution in [3.8, 4) is 0 Å². The maximum absolute atomic E-state index is 13.9. The molecular weight excluding hydrogens is 801 g/mol. The van der Waals surface area contributed by atoms with Gasteiger partial charge < -0.3 is 42.5 Å². The molecule has 0 bridgehead atoms. The van der Waals surface area contributed by atoms with Crippen LogP contribution in [0.2, 0.25) is 0 Å². The third-order valence-corrected chi connectivity index (χ3v) is 10.6. The van der Waals surface area contributed by atoms with Gasteiger partial charge in [0.15, 0.2) is 17.3 Å². The molecule has 0 aliphatic carbocycles. The van der Waals surface area contributed by atoms with Crippen LogP contribution in [0.25, 0.3) is 0 Å². The number of hydrogen-bond acceptors (Lipinski definition) is 12. The van der Waals surface area contributed by atoms with E-state index in [0.717, 1.165) is 0 Å². The van der Waals surface area contributed by atoms with E-state index in [4.69, 9.17) is 5.73 Å². The van der Waals surface area contributed by atoms with Gasteiger partial charge in [-0.1, -0.05) is 43.3 Å². The molecule has 0 heterocycles. The molecule has 0 radical (unpaired) electrons. The maximum Gasteiger partial charge on any atom is 0.251 e. The van der Waals surface area contributed by atoms with Gasteiger partial charge in [-0.3, -0.25) is 43.2 Å². The average Bonchev–Trinajstić information content (AvgIpc) is 3.26. The molecule has 17 nitrogen and oxygen atoms in total. The van der Waals surface area contributed by atoms with E-state index in [0.29, 0.717) is 43.4 Å². The Morgan fingerprint density at radius 1 is 0.581 bits per heavy atom. The number of rotatable bonds is 32. The zero-order valence-corrected chi connectivity index (χ0v) is 36.0. The molecule has 340 valence electrons. The van der Waals surface area contributed by atoms with Crippen LogP contribution in [0.5, 0.6) is 0 Å². The Labute approximate surface area is 363 Å². The van der Waals surface area contributed by atoms with Crippen molar-refractivity contribution in [2.75, 3.05) is 33.4 Å². The van der Waals surface area contributed by atoms with Crippen molar-refractivity contribution < 1.29 is 53.4 Å². The number of unbranched alkanes of at least 4 members (excludes halogenated alkanes) is 2. The number of hydrogen-bond donors (Lipinski definition) is 8. The summed E-state index contributed by atoms with van der Waals surface area (Å²) in [5.74, 6) is -7.72. The fourth-order valence-electron chi connectivity index (χ4n) is 6.53. The molecule has 0 fully saturated rings. The first kappa shape index (κ1) is 52.5. The van der Waals surface area contributed by atoms with Crippen molar-refractivity contribution in [3.05, 3.63) is 71.8 Å². The molecule has 0 saturated heterocycles. The third kappa shape index (κ3) is 19.4. The van der Waals surface area contributed by atoms with Crippen molar-refractivity contribution in [3.63, 3.8) is 0 Å². The third-order valence-electron chi connectivity index (χ3n) is 10.6. The minimum absolute atomic E-state index is 0.0419. The number of likely N-dealkylation sites (N-methyl/N-ethyl adjacent to an activating group) is 1. The number of ketones is 4. The average molecular weight is 865 g/mol. The van der Waals surface area contributed by atoms with Gasteiger partial charge in [0, 0.05) is 55.8 Å². The van der Waals surface area contributed by atoms with Crippen LogP contribution in [0.1, 0.15) is 105 Å². The summed E-state index contributed by atoms with van der Waals surface area (Å²) in [6.07, 6.45) is 0.637. The van der Waals surface area contributed by atoms with E-state index in [1.165, 1.54) is 14.0 Å². The van der Waals surface area contributed by atoms with Crippen LogP contribution in [-0.4, -0.2) is 114 Å². The van der Waals surface area contributed by atoms with Crippen LogP contribution in [0.4, 0.5) is 0 Å². The first-order chi connectivity index (χ1) is 29.6. The molecule has 0 aliphatic heterocycles. The molecular formula is C45H64N6O11. The number of nitrogens with one attached hydrogen (secondary N) is 5. The molecule has 2 rings (SSSR count). The lowest BCUT2D eigenvalue weighted by atomic mass is 9.92. The SMILES string of the molecule is CN[C@@H](CCC(N)=O)C(=O)C[C@@H](CO)C(=O)N[C@@H](CCCCNC(=O)c1ccccc1)C(=O)C[C@@H](CO)C(=O)N[C@@H](CCCCNC(=O)c1ccccc1)C(=O)C[C@@H](C)C(C)=O. The number of Topliss-reactive ketones (excluding diaryl/α,β-unsaturated/α-hetero) is 4. The zero-order valence-electron chi connectivity index (χ0n) is 36.0. The van der Waals surface area contributed by atoms with E-state index in [1.807, 2.05) is 0 Å². The first-order valence-electron chi connectivity index (χ1n) is 21.1. The van der Waals surface area contributed by atoms with Crippen molar-refractivity contribution in [1.29, 1.82) is 0 Å². The van der Waals surface area contributed by atoms with E-state index in [9.17, 15) is 53.4 Å². The minimum Gasteiger partial charge on any atom is -0.396 e. The van der Waals surface area contributed by atoms with Crippen molar-refractivity contribution in [2.24, 2.45) is 23.5 Å². The van der Waals surface area contributed by atoms with Crippen LogP contribution in [0.3, 0.4) is 0 Å². The number of amides is 5. The Kier molecular flexibility index (Phi) is 24.4. The molecule has 2 aromatic rings. The first-order valence-corrected chi connectivity index (χ1v) is 21.1. The number of carbonyl (C=O) groups is 9. The Balaban J connectivity index is 2.18. The summed E-state index contributed by atoms with van der Waals surface area (Å²) in [6, 6.07) is 14.1. The summed E-state index contributed by atoms with van der Waals surface area (Å²) in [4.78, 5) is 116. The Morgan fingerprint density at radius 2 is 0.984 bits per heavy atom. The Hall–Kier alpha value is -5.65. The van der Waals surface area contributed by atoms with E-state index >= 15 is 0 Å². The number of primary amides is 1. The molecule has 17 heteroatoms. The normalized spacial score (nSPS) is 13.9. The molecule has 6 atom stereocenters. The predicted molar refractivity (Wildman–Crippen MR) is 230 cm³/mol. The predicted octanol–water partition coefficient (Wildman–Crippen LogP) is 1.33. The van der Waals surface area contributed by atoms with Gasteiger partial charge in [-0.05, 0) is 83.2 Å². The van der Waals surface area contributed by atoms with Gasteiger partial charge in [0.05, 0.1) is 43.2 Å². The van der Waals surface area contributed by atoms with Crippen LogP contribution in [0, 0.1) is 17.8 Å². The van der Waals surface area contributed by atoms with Gasteiger partial charge >= 0.3 is 0 Å². The lowest BCUT2D eigenvalue weighted by Gasteiger charge is -2.25. The summed E-state index contributed by atoms with van der Waals surface area (Å²) >= 11 is 0. The molecule has 0 unspecified atom stereocenters. The van der Waals surface area contributed by atoms with E-state index in [-0.39, 0.29) is 56.2 Å². The van der Waals surface area contributed by atoms with Crippen LogP contribution in [-0.2, 0) is 33.6 Å². The fraction of sp³-hybridized carbons (Fsp3) is 0.533. The maximum atomic E-state index is 13.9. The van der Waals surface area contributed by atoms with Gasteiger partial charge in [-0.2, -0.15) is 0 Å². The summed E-state index contributed by atoms with van der Waals surface area (Å²) < 4.78 is 0. The van der Waals surface area contributed by atoms with Gasteiger partial charge in [0.25, 0.3) is 11.8 Å². The van der Waals surface area contributed by atoms with Crippen LogP contribution < -0.4 is 32.3 Å². The molecule has 0 saturated carbocycles. The van der Waals surface area contributed by atoms with Crippen LogP contribution >= 0.6 is 0 Å². The number of aliphatic hydroxyl groups is 2. The molecule has 9 N–H and O–H groups in total. The molecule has 5 amide bonds. The van der Waals surface area contributed by atoms with Crippen molar-refractivity contribution in [1.82, 2.24) is 26.6 Å². The molecule has 0 aromatic heterocycles. The topological polar surface area (TPSA) is 280 Å². The second kappa shape index (κ2) is 28.8. The monoisotopic (exact) mass is 864 g/mol. The Morgan fingerprint density at radius 3 is 1.35 bits per heavy atom. The lowest BCUT2D eigenvalue weighted by Crippen LogP contribution is -2.48. The standard InChI is InChI=1S/C45H64N6O11/c1-29(30(2)54)24-38(55)36(18-10-12-22-48-42(59)31-14-6-4-7-15-31)50-45(62)34(28-53)26-40(57)37(19-11-13-23-49-43(60)32-16-8-5-9-17-32)51-44(61)33(27-52)25-39(56)35(47-3)20-21-41(46)58/h4-9,14-17,29,33-37,47,52-53H,10-13,18-28H2,1-3H3,(H2,46,58)(H,48,59)(H,49,60)(H,50,62)(H,51,61)/t29-,33+,34+,35+,36+,37+/m1/s1. The van der Waals surface area contributed by atoms with Gasteiger partial charge in [-0.15, -0.1) is 0 Å². The van der Waals surface area contributed by atoms with E-state index in [2.05, 4.69) is 26.6 Å². The number of aliphatic hydroxyl groups excluding tert-OH is 2. The quantitative estimate of drug-likeness (QED) is 0.0484.